The number of ketones is 2. The van der Waals surface area contributed by atoms with Crippen LogP contribution < -0.4 is 4.90 Å². The van der Waals surface area contributed by atoms with E-state index in [1.165, 1.54) is 30.4 Å². The molecule has 4 aliphatic carbocycles. The van der Waals surface area contributed by atoms with Crippen LogP contribution in [0.15, 0.2) is 47.1 Å². The zero-order valence-electron chi connectivity index (χ0n) is 25.5. The number of Topliss-reactive ketones (excluding diaryl/α,β-unsaturated/α-hetero) is 1. The van der Waals surface area contributed by atoms with Gasteiger partial charge < -0.3 is 9.64 Å². The molecule has 0 bridgehead atoms. The molecule has 0 amide bonds. The third kappa shape index (κ3) is 5.41. The number of hydrogen-bond acceptors (Lipinski definition) is 5. The molecule has 0 unspecified atom stereocenters. The molecule has 234 valence electrons. The van der Waals surface area contributed by atoms with E-state index in [0.717, 1.165) is 55.6 Å². The fraction of sp³-hybridized carbons (Fsp3) is 0.583. The summed E-state index contributed by atoms with van der Waals surface area (Å²) in [6.45, 7) is 4.59. The van der Waals surface area contributed by atoms with Crippen LogP contribution >= 0.6 is 0 Å². The summed E-state index contributed by atoms with van der Waals surface area (Å²) < 4.78 is 45.9. The van der Waals surface area contributed by atoms with E-state index in [4.69, 9.17) is 4.74 Å². The lowest BCUT2D eigenvalue weighted by molar-refractivity contribution is -0.150. The molecule has 1 aromatic rings. The highest BCUT2D eigenvalue weighted by Crippen LogP contribution is 2.69. The number of nitrogens with zero attached hydrogens (tertiary/aromatic N) is 1. The molecule has 3 fully saturated rings. The fourth-order valence-corrected chi connectivity index (χ4v) is 9.26. The first kappa shape index (κ1) is 30.7. The summed E-state index contributed by atoms with van der Waals surface area (Å²) in [7, 11) is 0. The highest BCUT2D eigenvalue weighted by Gasteiger charge is 2.65. The maximum absolute atomic E-state index is 13.9. The highest BCUT2D eigenvalue weighted by atomic mass is 19.4. The van der Waals surface area contributed by atoms with Crippen LogP contribution in [0.5, 0.6) is 0 Å². The minimum absolute atomic E-state index is 0.0585. The molecule has 0 aromatic heterocycles. The van der Waals surface area contributed by atoms with E-state index in [1.807, 2.05) is 6.92 Å². The number of piperidine rings is 1. The van der Waals surface area contributed by atoms with E-state index in [9.17, 15) is 27.6 Å². The van der Waals surface area contributed by atoms with Crippen molar-refractivity contribution in [3.8, 4) is 11.8 Å². The van der Waals surface area contributed by atoms with E-state index in [1.54, 1.807) is 6.08 Å². The molecule has 5 nitrogen and oxygen atoms in total. The topological polar surface area (TPSA) is 63.7 Å². The maximum Gasteiger partial charge on any atom is 0.457 e. The van der Waals surface area contributed by atoms with Gasteiger partial charge in [0.25, 0.3) is 0 Å². The molecule has 1 saturated heterocycles. The van der Waals surface area contributed by atoms with E-state index in [-0.39, 0.29) is 30.0 Å². The van der Waals surface area contributed by atoms with Crippen LogP contribution in [0, 0.1) is 34.5 Å². The van der Waals surface area contributed by atoms with Crippen molar-refractivity contribution in [2.75, 3.05) is 24.6 Å². The molecule has 5 atom stereocenters. The minimum Gasteiger partial charge on any atom is -0.458 e. The van der Waals surface area contributed by atoms with Gasteiger partial charge in [-0.25, -0.2) is 0 Å². The summed E-state index contributed by atoms with van der Waals surface area (Å²) in [5.74, 6) is 2.78. The smallest absolute Gasteiger partial charge is 0.457 e. The number of alkyl halides is 3. The van der Waals surface area contributed by atoms with E-state index in [2.05, 4.69) is 35.1 Å². The molecule has 2 saturated carbocycles. The molecule has 0 radical (unpaired) electrons. The Morgan fingerprint density at radius 3 is 2.45 bits per heavy atom. The van der Waals surface area contributed by atoms with Crippen LogP contribution in [0.1, 0.15) is 89.5 Å². The highest BCUT2D eigenvalue weighted by molar-refractivity contribution is 5.93. The van der Waals surface area contributed by atoms with Gasteiger partial charge in [-0.15, -0.1) is 0 Å². The number of halogens is 3. The third-order valence-corrected chi connectivity index (χ3v) is 11.2. The monoisotopic (exact) mass is 607 g/mol. The molecule has 44 heavy (non-hydrogen) atoms. The van der Waals surface area contributed by atoms with Gasteiger partial charge in [-0.05, 0) is 110 Å². The Bertz CT molecular complexity index is 1470. The van der Waals surface area contributed by atoms with Crippen molar-refractivity contribution < 1.29 is 32.3 Å². The molecule has 8 heteroatoms. The van der Waals surface area contributed by atoms with Gasteiger partial charge in [-0.1, -0.05) is 30.6 Å². The van der Waals surface area contributed by atoms with Crippen molar-refractivity contribution in [2.24, 2.45) is 22.7 Å². The SMILES string of the molecule is CC(=O)OCC(=O)[C@@]1(C#CC(F)(F)F)CC[C@H]2[C@@H]3CCC4=CC(=O)CCC4=C3[C@@H](c3ccc(N4CCCCC4)cc3)C[C@@]21C. The number of esters is 1. The van der Waals surface area contributed by atoms with E-state index in [0.29, 0.717) is 25.7 Å². The summed E-state index contributed by atoms with van der Waals surface area (Å²) in [4.78, 5) is 40.4. The predicted molar refractivity (Wildman–Crippen MR) is 161 cm³/mol. The van der Waals surface area contributed by atoms with Crippen molar-refractivity contribution in [2.45, 2.75) is 90.1 Å². The van der Waals surface area contributed by atoms with Gasteiger partial charge in [-0.2, -0.15) is 13.2 Å². The Morgan fingerprint density at radius 2 is 1.77 bits per heavy atom. The van der Waals surface area contributed by atoms with Gasteiger partial charge in [0.05, 0.1) is 5.41 Å². The van der Waals surface area contributed by atoms with Crippen LogP contribution in [0.3, 0.4) is 0 Å². The number of carbonyl (C=O) groups is 3. The number of fused-ring (bicyclic) bond motifs is 4. The van der Waals surface area contributed by atoms with Crippen molar-refractivity contribution in [3.05, 3.63) is 52.6 Å². The zero-order chi connectivity index (χ0) is 31.3. The van der Waals surface area contributed by atoms with Crippen LogP contribution in [-0.4, -0.2) is 43.4 Å². The van der Waals surface area contributed by atoms with Crippen molar-refractivity contribution in [1.82, 2.24) is 0 Å². The second kappa shape index (κ2) is 11.5. The second-order valence-corrected chi connectivity index (χ2v) is 13.5. The van der Waals surface area contributed by atoms with Crippen LogP contribution in [0.4, 0.5) is 18.9 Å². The lowest BCUT2D eigenvalue weighted by atomic mass is 9.48. The van der Waals surface area contributed by atoms with Crippen molar-refractivity contribution >= 4 is 23.2 Å². The van der Waals surface area contributed by atoms with Crippen LogP contribution in [0.2, 0.25) is 0 Å². The quantitative estimate of drug-likeness (QED) is 0.261. The number of allylic oxidation sites excluding steroid dienone is 4. The Morgan fingerprint density at radius 1 is 1.05 bits per heavy atom. The molecule has 5 aliphatic rings. The summed E-state index contributed by atoms with van der Waals surface area (Å²) in [5, 5.41) is 0. The predicted octanol–water partition coefficient (Wildman–Crippen LogP) is 7.26. The Balaban J connectivity index is 1.47. The third-order valence-electron chi connectivity index (χ3n) is 11.2. The Hall–Kier alpha value is -3.34. The number of rotatable bonds is 5. The van der Waals surface area contributed by atoms with E-state index >= 15 is 0 Å². The normalized spacial score (nSPS) is 31.7. The summed E-state index contributed by atoms with van der Waals surface area (Å²) >= 11 is 0. The molecule has 1 heterocycles. The first-order valence-corrected chi connectivity index (χ1v) is 16.0. The number of ether oxygens (including phenoxy) is 1. The number of benzene rings is 1. The van der Waals surface area contributed by atoms with Crippen molar-refractivity contribution in [1.29, 1.82) is 0 Å². The largest absolute Gasteiger partial charge is 0.458 e. The van der Waals surface area contributed by atoms with Gasteiger partial charge in [0.15, 0.2) is 18.2 Å². The van der Waals surface area contributed by atoms with Gasteiger partial charge in [0, 0.05) is 44.0 Å². The summed E-state index contributed by atoms with van der Waals surface area (Å²) in [6, 6.07) is 8.59. The second-order valence-electron chi connectivity index (χ2n) is 13.5. The summed E-state index contributed by atoms with van der Waals surface area (Å²) in [6.07, 6.45) is 4.47. The van der Waals surface area contributed by atoms with Gasteiger partial charge in [0.2, 0.25) is 0 Å². The summed E-state index contributed by atoms with van der Waals surface area (Å²) in [5.41, 5.74) is 3.40. The molecule has 0 N–H and O–H groups in total. The average Bonchev–Trinajstić information content (AvgIpc) is 3.31. The lowest BCUT2D eigenvalue weighted by Crippen LogP contribution is -2.51. The van der Waals surface area contributed by atoms with Gasteiger partial charge >= 0.3 is 12.1 Å². The number of hydrogen-bond donors (Lipinski definition) is 0. The Labute approximate surface area is 257 Å². The van der Waals surface area contributed by atoms with Crippen molar-refractivity contribution in [3.63, 3.8) is 0 Å². The molecule has 0 spiro atoms. The molecule has 1 aliphatic heterocycles. The Kier molecular flexibility index (Phi) is 8.05. The minimum atomic E-state index is -4.76. The lowest BCUT2D eigenvalue weighted by Gasteiger charge is -2.54. The van der Waals surface area contributed by atoms with Crippen LogP contribution in [-0.2, 0) is 19.1 Å². The molecular formula is C36H40F3NO4. The van der Waals surface area contributed by atoms with Gasteiger partial charge in [-0.3, -0.25) is 14.4 Å². The van der Waals surface area contributed by atoms with E-state index < -0.39 is 35.4 Å². The molecule has 1 aromatic carbocycles. The first-order valence-electron chi connectivity index (χ1n) is 16.0. The number of anilines is 1. The maximum atomic E-state index is 13.9. The zero-order valence-corrected chi connectivity index (χ0v) is 25.5. The average molecular weight is 608 g/mol. The standard InChI is InChI=1S/C36H40F3NO4/c1-23(41)44-22-32(43)35(16-17-36(37,38)39)15-14-31-29-12-8-25-20-27(42)11-13-28(25)33(29)30(21-34(31,35)2)24-6-9-26(10-7-24)40-18-4-3-5-19-40/h6-7,9-10,20,29-31H,3-5,8,11-15,18-19,21-22H2,1-2H3/t29-,30+,31-,34-,35-/m0/s1. The van der Waals surface area contributed by atoms with Gasteiger partial charge in [0.1, 0.15) is 0 Å². The van der Waals surface area contributed by atoms with Crippen LogP contribution in [0.25, 0.3) is 0 Å². The molecular weight excluding hydrogens is 567 g/mol. The first-order chi connectivity index (χ1) is 20.9. The molecule has 6 rings (SSSR count). The fourth-order valence-electron chi connectivity index (χ4n) is 9.26. The number of carbonyl (C=O) groups excluding carboxylic acids is 3.